The summed E-state index contributed by atoms with van der Waals surface area (Å²) in [6.45, 7) is 1.70. The molecule has 1 N–H and O–H groups in total. The number of pyridine rings is 1. The summed E-state index contributed by atoms with van der Waals surface area (Å²) >= 11 is 0. The van der Waals surface area contributed by atoms with Gasteiger partial charge < -0.3 is 14.9 Å². The first-order chi connectivity index (χ1) is 11.8. The highest BCUT2D eigenvalue weighted by Crippen LogP contribution is 2.20. The Morgan fingerprint density at radius 3 is 2.79 bits per heavy atom. The molecular weight excluding hydrogens is 302 g/mol. The number of rotatable bonds is 6. The first-order valence-electron chi connectivity index (χ1n) is 8.37. The molecule has 1 aliphatic rings. The standard InChI is InChI=1S/C19H23N3O2/c23-15-18-9-5-11-22(18)19(24)14-21(17-7-2-1-3-8-17)13-16-6-4-10-20-12-16/h1-4,6-8,10,12,18,23H,5,9,11,13-15H2/t18-/m1/s1. The van der Waals surface area contributed by atoms with Crippen molar-refractivity contribution in [2.45, 2.75) is 25.4 Å². The van der Waals surface area contributed by atoms with Gasteiger partial charge in [0.15, 0.2) is 0 Å². The van der Waals surface area contributed by atoms with E-state index in [-0.39, 0.29) is 18.6 Å². The van der Waals surface area contributed by atoms with Crippen LogP contribution >= 0.6 is 0 Å². The average molecular weight is 325 g/mol. The van der Waals surface area contributed by atoms with E-state index in [1.165, 1.54) is 0 Å². The Hall–Kier alpha value is -2.40. The van der Waals surface area contributed by atoms with Crippen molar-refractivity contribution in [3.05, 3.63) is 60.4 Å². The molecule has 24 heavy (non-hydrogen) atoms. The molecular formula is C19H23N3O2. The third-order valence-corrected chi connectivity index (χ3v) is 4.45. The molecule has 1 aromatic carbocycles. The van der Waals surface area contributed by atoms with Gasteiger partial charge in [-0.2, -0.15) is 0 Å². The molecule has 0 unspecified atom stereocenters. The van der Waals surface area contributed by atoms with E-state index in [9.17, 15) is 9.90 Å². The molecule has 5 heteroatoms. The number of nitrogens with zero attached hydrogens (tertiary/aromatic N) is 3. The summed E-state index contributed by atoms with van der Waals surface area (Å²) in [6.07, 6.45) is 5.42. The molecule has 1 saturated heterocycles. The van der Waals surface area contributed by atoms with Gasteiger partial charge in [-0.05, 0) is 36.6 Å². The quantitative estimate of drug-likeness (QED) is 0.883. The van der Waals surface area contributed by atoms with Crippen LogP contribution in [0.1, 0.15) is 18.4 Å². The number of likely N-dealkylation sites (tertiary alicyclic amines) is 1. The molecule has 126 valence electrons. The zero-order chi connectivity index (χ0) is 16.8. The summed E-state index contributed by atoms with van der Waals surface area (Å²) in [5, 5.41) is 9.46. The molecule has 1 fully saturated rings. The van der Waals surface area contributed by atoms with Crippen molar-refractivity contribution in [3.63, 3.8) is 0 Å². The minimum Gasteiger partial charge on any atom is -0.394 e. The van der Waals surface area contributed by atoms with Crippen LogP contribution < -0.4 is 4.90 Å². The minimum absolute atomic E-state index is 0.0338. The Morgan fingerprint density at radius 2 is 2.08 bits per heavy atom. The topological polar surface area (TPSA) is 56.7 Å². The summed E-state index contributed by atoms with van der Waals surface area (Å²) in [5.74, 6) is 0.0688. The number of carbonyl (C=O) groups excluding carboxylic acids is 1. The Labute approximate surface area is 142 Å². The fourth-order valence-corrected chi connectivity index (χ4v) is 3.20. The molecule has 1 atom stereocenters. The van der Waals surface area contributed by atoms with Crippen LogP contribution in [0.4, 0.5) is 5.69 Å². The molecule has 1 aliphatic heterocycles. The molecule has 0 saturated carbocycles. The van der Waals surface area contributed by atoms with Gasteiger partial charge >= 0.3 is 0 Å². The first kappa shape index (κ1) is 16.5. The van der Waals surface area contributed by atoms with Crippen LogP contribution in [0.25, 0.3) is 0 Å². The van der Waals surface area contributed by atoms with E-state index in [1.54, 1.807) is 6.20 Å². The van der Waals surface area contributed by atoms with E-state index in [4.69, 9.17) is 0 Å². The van der Waals surface area contributed by atoms with E-state index in [0.29, 0.717) is 13.1 Å². The number of aliphatic hydroxyl groups excluding tert-OH is 1. The lowest BCUT2D eigenvalue weighted by Gasteiger charge is -2.29. The number of amides is 1. The summed E-state index contributed by atoms with van der Waals surface area (Å²) in [7, 11) is 0. The maximum atomic E-state index is 12.7. The molecule has 0 radical (unpaired) electrons. The van der Waals surface area contributed by atoms with Crippen molar-refractivity contribution in [2.24, 2.45) is 0 Å². The number of hydrogen-bond acceptors (Lipinski definition) is 4. The van der Waals surface area contributed by atoms with Gasteiger partial charge in [0.25, 0.3) is 0 Å². The molecule has 0 spiro atoms. The van der Waals surface area contributed by atoms with Crippen molar-refractivity contribution >= 4 is 11.6 Å². The number of carbonyl (C=O) groups is 1. The highest BCUT2D eigenvalue weighted by Gasteiger charge is 2.29. The van der Waals surface area contributed by atoms with Gasteiger partial charge in [0, 0.05) is 31.2 Å². The smallest absolute Gasteiger partial charge is 0.242 e. The molecule has 3 rings (SSSR count). The molecule has 2 aromatic rings. The van der Waals surface area contributed by atoms with E-state index in [1.807, 2.05) is 53.6 Å². The molecule has 5 nitrogen and oxygen atoms in total. The highest BCUT2D eigenvalue weighted by atomic mass is 16.3. The third kappa shape index (κ3) is 3.92. The van der Waals surface area contributed by atoms with Crippen molar-refractivity contribution < 1.29 is 9.90 Å². The summed E-state index contributed by atoms with van der Waals surface area (Å²) in [5.41, 5.74) is 2.07. The zero-order valence-corrected chi connectivity index (χ0v) is 13.7. The van der Waals surface area contributed by atoms with Crippen molar-refractivity contribution in [2.75, 3.05) is 24.6 Å². The van der Waals surface area contributed by atoms with Crippen LogP contribution in [0, 0.1) is 0 Å². The van der Waals surface area contributed by atoms with Crippen molar-refractivity contribution in [1.82, 2.24) is 9.88 Å². The molecule has 1 amide bonds. The molecule has 2 heterocycles. The second kappa shape index (κ2) is 7.93. The van der Waals surface area contributed by atoms with Crippen LogP contribution in [0.5, 0.6) is 0 Å². The van der Waals surface area contributed by atoms with Gasteiger partial charge in [-0.3, -0.25) is 9.78 Å². The lowest BCUT2D eigenvalue weighted by atomic mass is 10.2. The summed E-state index contributed by atoms with van der Waals surface area (Å²) in [6, 6.07) is 13.8. The largest absolute Gasteiger partial charge is 0.394 e. The predicted octanol–water partition coefficient (Wildman–Crippen LogP) is 2.07. The van der Waals surface area contributed by atoms with Gasteiger partial charge in [0.1, 0.15) is 0 Å². The predicted molar refractivity (Wildman–Crippen MR) is 93.5 cm³/mol. The Kier molecular flexibility index (Phi) is 5.43. The Balaban J connectivity index is 1.76. The number of hydrogen-bond donors (Lipinski definition) is 1. The second-order valence-corrected chi connectivity index (χ2v) is 6.12. The van der Waals surface area contributed by atoms with Crippen molar-refractivity contribution in [3.8, 4) is 0 Å². The Morgan fingerprint density at radius 1 is 1.25 bits per heavy atom. The normalized spacial score (nSPS) is 17.0. The maximum Gasteiger partial charge on any atom is 0.242 e. The van der Waals surface area contributed by atoms with Gasteiger partial charge in [-0.15, -0.1) is 0 Å². The lowest BCUT2D eigenvalue weighted by Crippen LogP contribution is -2.44. The number of benzene rings is 1. The zero-order valence-electron chi connectivity index (χ0n) is 13.7. The van der Waals surface area contributed by atoms with Crippen LogP contribution in [-0.4, -0.2) is 46.6 Å². The van der Waals surface area contributed by atoms with E-state index in [2.05, 4.69) is 9.88 Å². The molecule has 0 aliphatic carbocycles. The number of aromatic nitrogens is 1. The van der Waals surface area contributed by atoms with E-state index in [0.717, 1.165) is 30.6 Å². The summed E-state index contributed by atoms with van der Waals surface area (Å²) in [4.78, 5) is 20.8. The molecule has 1 aromatic heterocycles. The highest BCUT2D eigenvalue weighted by molar-refractivity contribution is 5.82. The number of aliphatic hydroxyl groups is 1. The van der Waals surface area contributed by atoms with E-state index < -0.39 is 0 Å². The van der Waals surface area contributed by atoms with Crippen LogP contribution in [-0.2, 0) is 11.3 Å². The minimum atomic E-state index is -0.0338. The maximum absolute atomic E-state index is 12.7. The monoisotopic (exact) mass is 325 g/mol. The second-order valence-electron chi connectivity index (χ2n) is 6.12. The summed E-state index contributed by atoms with van der Waals surface area (Å²) < 4.78 is 0. The fraction of sp³-hybridized carbons (Fsp3) is 0.368. The lowest BCUT2D eigenvalue weighted by molar-refractivity contribution is -0.131. The number of para-hydroxylation sites is 1. The third-order valence-electron chi connectivity index (χ3n) is 4.45. The SMILES string of the molecule is O=C(CN(Cc1cccnc1)c1ccccc1)N1CCC[C@@H]1CO. The van der Waals surface area contributed by atoms with Crippen LogP contribution in [0.15, 0.2) is 54.9 Å². The van der Waals surface area contributed by atoms with Gasteiger partial charge in [0.2, 0.25) is 5.91 Å². The van der Waals surface area contributed by atoms with Crippen LogP contribution in [0.3, 0.4) is 0 Å². The Bertz CT molecular complexity index is 648. The van der Waals surface area contributed by atoms with Gasteiger partial charge in [0.05, 0.1) is 19.2 Å². The van der Waals surface area contributed by atoms with Crippen LogP contribution in [0.2, 0.25) is 0 Å². The van der Waals surface area contributed by atoms with Gasteiger partial charge in [-0.25, -0.2) is 0 Å². The fourth-order valence-electron chi connectivity index (χ4n) is 3.20. The number of anilines is 1. The molecule has 0 bridgehead atoms. The average Bonchev–Trinajstić information content (AvgIpc) is 3.12. The van der Waals surface area contributed by atoms with Gasteiger partial charge in [-0.1, -0.05) is 24.3 Å². The van der Waals surface area contributed by atoms with E-state index >= 15 is 0 Å². The van der Waals surface area contributed by atoms with Crippen molar-refractivity contribution in [1.29, 1.82) is 0 Å². The first-order valence-corrected chi connectivity index (χ1v) is 8.37.